The molecule has 0 aliphatic rings. The SMILES string of the molecule is Cc1ccc(N=Nc2cc(Cl)ccc2O)c(C)c1. The number of phenolic OH excluding ortho intramolecular Hbond substituents is 1. The van der Waals surface area contributed by atoms with E-state index in [9.17, 15) is 5.11 Å². The summed E-state index contributed by atoms with van der Waals surface area (Å²) in [5.41, 5.74) is 3.36. The highest BCUT2D eigenvalue weighted by atomic mass is 35.5. The van der Waals surface area contributed by atoms with Crippen molar-refractivity contribution in [1.82, 2.24) is 0 Å². The molecule has 1 N–H and O–H groups in total. The van der Waals surface area contributed by atoms with Gasteiger partial charge in [-0.05, 0) is 43.7 Å². The van der Waals surface area contributed by atoms with Gasteiger partial charge in [-0.15, -0.1) is 5.11 Å². The molecule has 0 spiro atoms. The minimum atomic E-state index is 0.0629. The van der Waals surface area contributed by atoms with Gasteiger partial charge in [0.25, 0.3) is 0 Å². The smallest absolute Gasteiger partial charge is 0.143 e. The number of halogens is 1. The first-order valence-corrected chi connectivity index (χ1v) is 5.91. The zero-order chi connectivity index (χ0) is 13.1. The van der Waals surface area contributed by atoms with Crippen LogP contribution in [0.15, 0.2) is 46.6 Å². The highest BCUT2D eigenvalue weighted by molar-refractivity contribution is 6.30. The molecular formula is C14H13ClN2O. The van der Waals surface area contributed by atoms with E-state index >= 15 is 0 Å². The van der Waals surface area contributed by atoms with Crippen molar-refractivity contribution in [3.63, 3.8) is 0 Å². The van der Waals surface area contributed by atoms with Crippen molar-refractivity contribution >= 4 is 23.0 Å². The fourth-order valence-corrected chi connectivity index (χ4v) is 1.77. The minimum absolute atomic E-state index is 0.0629. The van der Waals surface area contributed by atoms with Crippen LogP contribution in [0, 0.1) is 13.8 Å². The van der Waals surface area contributed by atoms with Crippen molar-refractivity contribution in [2.24, 2.45) is 10.2 Å². The Morgan fingerprint density at radius 3 is 2.39 bits per heavy atom. The van der Waals surface area contributed by atoms with E-state index in [1.54, 1.807) is 12.1 Å². The summed E-state index contributed by atoms with van der Waals surface area (Å²) >= 11 is 5.84. The fraction of sp³-hybridized carbons (Fsp3) is 0.143. The molecule has 0 fully saturated rings. The second-order valence-corrected chi connectivity index (χ2v) is 4.56. The molecule has 0 aliphatic carbocycles. The second kappa shape index (κ2) is 5.19. The summed E-state index contributed by atoms with van der Waals surface area (Å²) in [6, 6.07) is 10.6. The third kappa shape index (κ3) is 2.87. The molecule has 2 rings (SSSR count). The largest absolute Gasteiger partial charge is 0.506 e. The lowest BCUT2D eigenvalue weighted by Crippen LogP contribution is -1.76. The van der Waals surface area contributed by atoms with E-state index in [-0.39, 0.29) is 5.75 Å². The predicted molar refractivity (Wildman–Crippen MR) is 73.2 cm³/mol. The summed E-state index contributed by atoms with van der Waals surface area (Å²) in [6.45, 7) is 4.00. The summed E-state index contributed by atoms with van der Waals surface area (Å²) < 4.78 is 0. The maximum absolute atomic E-state index is 9.61. The molecule has 0 heterocycles. The van der Waals surface area contributed by atoms with Crippen LogP contribution in [0.1, 0.15) is 11.1 Å². The Bertz CT molecular complexity index is 609. The normalized spacial score (nSPS) is 11.1. The number of benzene rings is 2. The van der Waals surface area contributed by atoms with Gasteiger partial charge < -0.3 is 5.11 Å². The summed E-state index contributed by atoms with van der Waals surface area (Å²) in [7, 11) is 0. The number of rotatable bonds is 2. The average Bonchev–Trinajstić information content (AvgIpc) is 2.32. The van der Waals surface area contributed by atoms with Gasteiger partial charge in [0.1, 0.15) is 11.4 Å². The van der Waals surface area contributed by atoms with Crippen molar-refractivity contribution < 1.29 is 5.11 Å². The molecule has 18 heavy (non-hydrogen) atoms. The van der Waals surface area contributed by atoms with Gasteiger partial charge in [0, 0.05) is 5.02 Å². The molecule has 3 nitrogen and oxygen atoms in total. The summed E-state index contributed by atoms with van der Waals surface area (Å²) in [6.07, 6.45) is 0. The van der Waals surface area contributed by atoms with Crippen molar-refractivity contribution in [2.75, 3.05) is 0 Å². The number of azo groups is 1. The lowest BCUT2D eigenvalue weighted by molar-refractivity contribution is 0.476. The van der Waals surface area contributed by atoms with Gasteiger partial charge in [0.15, 0.2) is 0 Å². The Morgan fingerprint density at radius 1 is 0.944 bits per heavy atom. The van der Waals surface area contributed by atoms with Gasteiger partial charge in [-0.1, -0.05) is 29.3 Å². The van der Waals surface area contributed by atoms with E-state index < -0.39 is 0 Å². The quantitative estimate of drug-likeness (QED) is 0.752. The lowest BCUT2D eigenvalue weighted by Gasteiger charge is -2.01. The number of aryl methyl sites for hydroxylation is 2. The van der Waals surface area contributed by atoms with Crippen LogP contribution in [0.25, 0.3) is 0 Å². The van der Waals surface area contributed by atoms with Crippen molar-refractivity contribution in [2.45, 2.75) is 13.8 Å². The van der Waals surface area contributed by atoms with E-state index in [0.29, 0.717) is 10.7 Å². The van der Waals surface area contributed by atoms with Crippen LogP contribution in [-0.2, 0) is 0 Å². The van der Waals surface area contributed by atoms with Gasteiger partial charge >= 0.3 is 0 Å². The molecule has 0 amide bonds. The fourth-order valence-electron chi connectivity index (χ4n) is 1.60. The van der Waals surface area contributed by atoms with Gasteiger partial charge in [0.2, 0.25) is 0 Å². The molecule has 0 atom stereocenters. The highest BCUT2D eigenvalue weighted by Crippen LogP contribution is 2.31. The average molecular weight is 261 g/mol. The monoisotopic (exact) mass is 260 g/mol. The van der Waals surface area contributed by atoms with Crippen LogP contribution in [0.4, 0.5) is 11.4 Å². The summed E-state index contributed by atoms with van der Waals surface area (Å²) in [5.74, 6) is 0.0629. The predicted octanol–water partition coefficient (Wildman–Crippen LogP) is 5.08. The topological polar surface area (TPSA) is 45.0 Å². The van der Waals surface area contributed by atoms with E-state index in [1.165, 1.54) is 11.6 Å². The standard InChI is InChI=1S/C14H13ClN2O/c1-9-3-5-12(10(2)7-9)16-17-13-8-11(15)4-6-14(13)18/h3-8,18H,1-2H3. The Kier molecular flexibility index (Phi) is 3.63. The van der Waals surface area contributed by atoms with E-state index in [2.05, 4.69) is 10.2 Å². The maximum Gasteiger partial charge on any atom is 0.143 e. The van der Waals surface area contributed by atoms with Crippen LogP contribution in [0.5, 0.6) is 5.75 Å². The number of phenols is 1. The lowest BCUT2D eigenvalue weighted by atomic mass is 10.1. The van der Waals surface area contributed by atoms with E-state index in [0.717, 1.165) is 11.3 Å². The third-order valence-corrected chi connectivity index (χ3v) is 2.79. The third-order valence-electron chi connectivity index (χ3n) is 2.56. The number of hydrogen-bond donors (Lipinski definition) is 1. The molecule has 4 heteroatoms. The van der Waals surface area contributed by atoms with E-state index in [4.69, 9.17) is 11.6 Å². The summed E-state index contributed by atoms with van der Waals surface area (Å²) in [4.78, 5) is 0. The van der Waals surface area contributed by atoms with Gasteiger partial charge in [0.05, 0.1) is 5.69 Å². The van der Waals surface area contributed by atoms with Crippen molar-refractivity contribution in [3.8, 4) is 5.75 Å². The number of aromatic hydroxyl groups is 1. The number of hydrogen-bond acceptors (Lipinski definition) is 3. The van der Waals surface area contributed by atoms with Gasteiger partial charge in [-0.25, -0.2) is 0 Å². The summed E-state index contributed by atoms with van der Waals surface area (Å²) in [5, 5.41) is 18.3. The first-order chi connectivity index (χ1) is 8.56. The van der Waals surface area contributed by atoms with Crippen LogP contribution < -0.4 is 0 Å². The molecule has 0 bridgehead atoms. The Balaban J connectivity index is 2.32. The van der Waals surface area contributed by atoms with E-state index in [1.807, 2.05) is 32.0 Å². The minimum Gasteiger partial charge on any atom is -0.506 e. The molecule has 0 aliphatic heterocycles. The Morgan fingerprint density at radius 2 is 1.67 bits per heavy atom. The second-order valence-electron chi connectivity index (χ2n) is 4.12. The van der Waals surface area contributed by atoms with Crippen LogP contribution in [-0.4, -0.2) is 5.11 Å². The van der Waals surface area contributed by atoms with Crippen molar-refractivity contribution in [3.05, 3.63) is 52.5 Å². The molecule has 0 radical (unpaired) electrons. The first kappa shape index (κ1) is 12.6. The maximum atomic E-state index is 9.61. The zero-order valence-corrected chi connectivity index (χ0v) is 10.9. The molecular weight excluding hydrogens is 248 g/mol. The van der Waals surface area contributed by atoms with Gasteiger partial charge in [-0.3, -0.25) is 0 Å². The zero-order valence-electron chi connectivity index (χ0n) is 10.2. The molecule has 92 valence electrons. The Hall–Kier alpha value is -1.87. The molecule has 2 aromatic rings. The first-order valence-electron chi connectivity index (χ1n) is 5.54. The Labute approximate surface area is 111 Å². The molecule has 0 saturated carbocycles. The van der Waals surface area contributed by atoms with Crippen molar-refractivity contribution in [1.29, 1.82) is 0 Å². The van der Waals surface area contributed by atoms with Crippen LogP contribution in [0.3, 0.4) is 0 Å². The highest BCUT2D eigenvalue weighted by Gasteiger charge is 2.01. The van der Waals surface area contributed by atoms with Gasteiger partial charge in [-0.2, -0.15) is 5.11 Å². The molecule has 0 aromatic heterocycles. The molecule has 0 unspecified atom stereocenters. The number of nitrogens with zero attached hydrogens (tertiary/aromatic N) is 2. The van der Waals surface area contributed by atoms with Crippen LogP contribution in [0.2, 0.25) is 5.02 Å². The molecule has 0 saturated heterocycles. The molecule has 2 aromatic carbocycles. The van der Waals surface area contributed by atoms with Crippen LogP contribution >= 0.6 is 11.6 Å².